The van der Waals surface area contributed by atoms with Crippen LogP contribution in [0.5, 0.6) is 0 Å². The highest BCUT2D eigenvalue weighted by Gasteiger charge is 2.55. The van der Waals surface area contributed by atoms with Crippen LogP contribution in [0.3, 0.4) is 0 Å². The summed E-state index contributed by atoms with van der Waals surface area (Å²) in [6.07, 6.45) is 6.98. The van der Waals surface area contributed by atoms with Gasteiger partial charge in [-0.25, -0.2) is 0 Å². The fourth-order valence-electron chi connectivity index (χ4n) is 6.56. The van der Waals surface area contributed by atoms with Crippen LogP contribution in [0.4, 0.5) is 0 Å². The molecule has 5 fully saturated rings. The molecular weight excluding hydrogens is 314 g/mol. The molecule has 1 heterocycles. The lowest BCUT2D eigenvalue weighted by molar-refractivity contribution is -0.157. The summed E-state index contributed by atoms with van der Waals surface area (Å²) in [4.78, 5) is 19.8. The van der Waals surface area contributed by atoms with Crippen molar-refractivity contribution >= 4 is 5.91 Å². The molecule has 5 aliphatic rings. The second-order valence-corrected chi connectivity index (χ2v) is 9.64. The Kier molecular flexibility index (Phi) is 4.84. The van der Waals surface area contributed by atoms with E-state index in [-0.39, 0.29) is 5.41 Å². The maximum Gasteiger partial charge on any atom is 0.228 e. The average molecular weight is 350 g/mol. The maximum absolute atomic E-state index is 13.3. The highest BCUT2D eigenvalue weighted by molar-refractivity contribution is 5.83. The third kappa shape index (κ3) is 3.60. The molecule has 0 aromatic heterocycles. The van der Waals surface area contributed by atoms with Gasteiger partial charge in [0, 0.05) is 46.3 Å². The van der Waals surface area contributed by atoms with Crippen LogP contribution < -0.4 is 0 Å². The van der Waals surface area contributed by atoms with Gasteiger partial charge < -0.3 is 14.9 Å². The minimum absolute atomic E-state index is 0.0863. The summed E-state index contributed by atoms with van der Waals surface area (Å²) in [7, 11) is 4.06. The number of aliphatic hydroxyl groups excluding tert-OH is 1. The van der Waals surface area contributed by atoms with E-state index in [2.05, 4.69) is 16.8 Å². The second-order valence-electron chi connectivity index (χ2n) is 9.64. The van der Waals surface area contributed by atoms with Gasteiger partial charge in [-0.1, -0.05) is 0 Å². The molecule has 0 spiro atoms. The Labute approximate surface area is 152 Å². The van der Waals surface area contributed by atoms with Crippen molar-refractivity contribution in [3.05, 3.63) is 0 Å². The SMILES string of the molecule is CN1CCN(CC(O)CN(C)C(=O)C23CC4CC(CC(C4)C2)C3)CC1. The molecular formula is C20H35N3O2. The molecule has 4 saturated carbocycles. The lowest BCUT2D eigenvalue weighted by Gasteiger charge is -2.56. The predicted octanol–water partition coefficient (Wildman–Crippen LogP) is 1.27. The molecule has 4 aliphatic carbocycles. The number of carbonyl (C=O) groups excluding carboxylic acids is 1. The molecule has 5 heteroatoms. The summed E-state index contributed by atoms with van der Waals surface area (Å²) in [5, 5.41) is 10.5. The zero-order chi connectivity index (χ0) is 17.6. The van der Waals surface area contributed by atoms with Crippen LogP contribution in [0.1, 0.15) is 38.5 Å². The van der Waals surface area contributed by atoms with Gasteiger partial charge in [0.05, 0.1) is 11.5 Å². The van der Waals surface area contributed by atoms with Crippen molar-refractivity contribution in [3.8, 4) is 0 Å². The highest BCUT2D eigenvalue weighted by Crippen LogP contribution is 2.60. The number of nitrogens with zero attached hydrogens (tertiary/aromatic N) is 3. The van der Waals surface area contributed by atoms with Crippen molar-refractivity contribution in [2.45, 2.75) is 44.6 Å². The number of amides is 1. The number of hydrogen-bond acceptors (Lipinski definition) is 4. The van der Waals surface area contributed by atoms with Crippen molar-refractivity contribution in [2.24, 2.45) is 23.2 Å². The van der Waals surface area contributed by atoms with Gasteiger partial charge in [0.1, 0.15) is 0 Å². The molecule has 0 aromatic rings. The van der Waals surface area contributed by atoms with Gasteiger partial charge in [-0.05, 0) is 63.3 Å². The van der Waals surface area contributed by atoms with Crippen molar-refractivity contribution in [2.75, 3.05) is 53.4 Å². The van der Waals surface area contributed by atoms with Crippen LogP contribution in [-0.4, -0.2) is 85.2 Å². The quantitative estimate of drug-likeness (QED) is 0.812. The van der Waals surface area contributed by atoms with Gasteiger partial charge in [0.2, 0.25) is 5.91 Å². The number of hydrogen-bond donors (Lipinski definition) is 1. The van der Waals surface area contributed by atoms with Crippen molar-refractivity contribution in [3.63, 3.8) is 0 Å². The molecule has 142 valence electrons. The van der Waals surface area contributed by atoms with Gasteiger partial charge in [-0.15, -0.1) is 0 Å². The molecule has 1 unspecified atom stereocenters. The molecule has 0 radical (unpaired) electrons. The number of piperazine rings is 1. The summed E-state index contributed by atoms with van der Waals surface area (Å²) < 4.78 is 0. The van der Waals surface area contributed by atoms with Crippen LogP contribution >= 0.6 is 0 Å². The first-order valence-electron chi connectivity index (χ1n) is 10.3. The Morgan fingerprint density at radius 2 is 1.60 bits per heavy atom. The van der Waals surface area contributed by atoms with Gasteiger partial charge in [-0.2, -0.15) is 0 Å². The molecule has 1 amide bonds. The molecule has 0 aromatic carbocycles. The molecule has 1 atom stereocenters. The largest absolute Gasteiger partial charge is 0.390 e. The van der Waals surface area contributed by atoms with Crippen molar-refractivity contribution < 1.29 is 9.90 Å². The Balaban J connectivity index is 1.31. The van der Waals surface area contributed by atoms with Crippen LogP contribution in [-0.2, 0) is 4.79 Å². The smallest absolute Gasteiger partial charge is 0.228 e. The lowest BCUT2D eigenvalue weighted by Crippen LogP contribution is -2.55. The van der Waals surface area contributed by atoms with E-state index in [1.807, 2.05) is 11.9 Å². The number of likely N-dealkylation sites (N-methyl/N-ethyl adjacent to an activating group) is 2. The van der Waals surface area contributed by atoms with Crippen LogP contribution in [0.2, 0.25) is 0 Å². The topological polar surface area (TPSA) is 47.0 Å². The highest BCUT2D eigenvalue weighted by atomic mass is 16.3. The molecule has 1 saturated heterocycles. The molecule has 4 bridgehead atoms. The van der Waals surface area contributed by atoms with Gasteiger partial charge >= 0.3 is 0 Å². The average Bonchev–Trinajstić information content (AvgIpc) is 2.55. The first kappa shape index (κ1) is 17.7. The van der Waals surface area contributed by atoms with Crippen LogP contribution in [0.15, 0.2) is 0 Å². The Morgan fingerprint density at radius 1 is 1.08 bits per heavy atom. The molecule has 5 rings (SSSR count). The Morgan fingerprint density at radius 3 is 2.12 bits per heavy atom. The first-order chi connectivity index (χ1) is 11.9. The normalized spacial score (nSPS) is 39.6. The number of aliphatic hydroxyl groups is 1. The number of carbonyl (C=O) groups is 1. The van der Waals surface area contributed by atoms with E-state index < -0.39 is 6.10 Å². The molecule has 5 nitrogen and oxygen atoms in total. The first-order valence-corrected chi connectivity index (χ1v) is 10.3. The third-order valence-corrected chi connectivity index (χ3v) is 7.39. The summed E-state index contributed by atoms with van der Waals surface area (Å²) in [6, 6.07) is 0. The standard InChI is InChI=1S/C20H35N3O2/c1-21-3-5-23(6-4-21)14-18(24)13-22(2)19(25)20-10-15-7-16(11-20)9-17(8-15)12-20/h15-18,24H,3-14H2,1-2H3. The summed E-state index contributed by atoms with van der Waals surface area (Å²) in [5.74, 6) is 2.70. The maximum atomic E-state index is 13.3. The van der Waals surface area contributed by atoms with Crippen molar-refractivity contribution in [1.82, 2.24) is 14.7 Å². The van der Waals surface area contributed by atoms with Crippen molar-refractivity contribution in [1.29, 1.82) is 0 Å². The number of β-amino-alcohol motifs (C(OH)–C–C–N with tert-alkyl or cyclic N) is 1. The van der Waals surface area contributed by atoms with Gasteiger partial charge in [-0.3, -0.25) is 9.69 Å². The summed E-state index contributed by atoms with van der Waals surface area (Å²) in [5.41, 5.74) is -0.0863. The Bertz CT molecular complexity index is 466. The zero-order valence-corrected chi connectivity index (χ0v) is 16.0. The minimum Gasteiger partial charge on any atom is -0.390 e. The van der Waals surface area contributed by atoms with E-state index in [4.69, 9.17) is 0 Å². The van der Waals surface area contributed by atoms with E-state index in [9.17, 15) is 9.90 Å². The van der Waals surface area contributed by atoms with E-state index in [0.717, 1.165) is 63.2 Å². The third-order valence-electron chi connectivity index (χ3n) is 7.39. The summed E-state index contributed by atoms with van der Waals surface area (Å²) in [6.45, 7) is 5.32. The second kappa shape index (κ2) is 6.82. The van der Waals surface area contributed by atoms with E-state index in [1.165, 1.54) is 19.3 Å². The van der Waals surface area contributed by atoms with Gasteiger partial charge in [0.25, 0.3) is 0 Å². The monoisotopic (exact) mass is 349 g/mol. The minimum atomic E-state index is -0.439. The predicted molar refractivity (Wildman–Crippen MR) is 98.2 cm³/mol. The molecule has 1 aliphatic heterocycles. The lowest BCUT2D eigenvalue weighted by atomic mass is 9.49. The fourth-order valence-corrected chi connectivity index (χ4v) is 6.56. The molecule has 25 heavy (non-hydrogen) atoms. The number of rotatable bonds is 5. The van der Waals surface area contributed by atoms with Crippen LogP contribution in [0.25, 0.3) is 0 Å². The van der Waals surface area contributed by atoms with Crippen LogP contribution in [0, 0.1) is 23.2 Å². The fraction of sp³-hybridized carbons (Fsp3) is 0.950. The Hall–Kier alpha value is -0.650. The van der Waals surface area contributed by atoms with Gasteiger partial charge in [0.15, 0.2) is 0 Å². The van der Waals surface area contributed by atoms with E-state index in [0.29, 0.717) is 19.0 Å². The van der Waals surface area contributed by atoms with E-state index >= 15 is 0 Å². The molecule has 1 N–H and O–H groups in total. The summed E-state index contributed by atoms with van der Waals surface area (Å²) >= 11 is 0. The van der Waals surface area contributed by atoms with E-state index in [1.54, 1.807) is 0 Å². The zero-order valence-electron chi connectivity index (χ0n) is 16.0.